The van der Waals surface area contributed by atoms with Gasteiger partial charge in [0.15, 0.2) is 0 Å². The minimum Gasteiger partial charge on any atom is -0.481 e. The number of carboxylic acid groups (broad SMARTS) is 1. The maximum absolute atomic E-state index is 12.5. The van der Waals surface area contributed by atoms with Crippen molar-refractivity contribution in [1.29, 1.82) is 0 Å². The number of nitrogens with one attached hydrogen (secondary N) is 2. The zero-order valence-electron chi connectivity index (χ0n) is 15.7. The van der Waals surface area contributed by atoms with Gasteiger partial charge in [-0.2, -0.15) is 0 Å². The number of hydrogen-bond acceptors (Lipinski definition) is 4. The van der Waals surface area contributed by atoms with Crippen LogP contribution in [0.5, 0.6) is 0 Å². The van der Waals surface area contributed by atoms with E-state index >= 15 is 0 Å². The topological polar surface area (TPSA) is 95.5 Å². The smallest absolute Gasteiger partial charge is 0.308 e. The van der Waals surface area contributed by atoms with Gasteiger partial charge in [-0.3, -0.25) is 14.4 Å². The number of hydrogen-bond donors (Lipinski definition) is 3. The molecule has 0 aliphatic carbocycles. The highest BCUT2D eigenvalue weighted by Crippen LogP contribution is 2.35. The van der Waals surface area contributed by atoms with Gasteiger partial charge in [-0.15, -0.1) is 11.8 Å². The summed E-state index contributed by atoms with van der Waals surface area (Å²) in [7, 11) is 0. The summed E-state index contributed by atoms with van der Waals surface area (Å²) in [5.41, 5.74) is 2.97. The molecule has 28 heavy (non-hydrogen) atoms. The van der Waals surface area contributed by atoms with Gasteiger partial charge in [0, 0.05) is 17.0 Å². The van der Waals surface area contributed by atoms with E-state index in [-0.39, 0.29) is 23.6 Å². The second-order valence-electron chi connectivity index (χ2n) is 6.90. The Kier molecular flexibility index (Phi) is 6.04. The standard InChI is InChI=1S/C21H22N2O4S/c1-12-4-3-5-14(8-12)9-16(21(26)27)11-22-20(25)15-6-7-18-17(10-15)23-19(24)13(2)28-18/h3-8,10,13,16H,9,11H2,1-2H3,(H,22,25)(H,23,24)(H,26,27). The Morgan fingerprint density at radius 1 is 1.25 bits per heavy atom. The molecule has 2 aromatic carbocycles. The monoisotopic (exact) mass is 398 g/mol. The van der Waals surface area contributed by atoms with Gasteiger partial charge < -0.3 is 15.7 Å². The number of rotatable bonds is 6. The normalized spacial score (nSPS) is 16.6. The number of carbonyl (C=O) groups is 3. The molecule has 0 bridgehead atoms. The quantitative estimate of drug-likeness (QED) is 0.695. The van der Waals surface area contributed by atoms with E-state index in [2.05, 4.69) is 10.6 Å². The number of anilines is 1. The molecule has 2 amide bonds. The van der Waals surface area contributed by atoms with Gasteiger partial charge in [0.1, 0.15) is 0 Å². The van der Waals surface area contributed by atoms with E-state index in [9.17, 15) is 19.5 Å². The summed E-state index contributed by atoms with van der Waals surface area (Å²) >= 11 is 1.44. The first kappa shape index (κ1) is 19.9. The molecule has 0 fully saturated rings. The van der Waals surface area contributed by atoms with Crippen LogP contribution in [0.1, 0.15) is 28.4 Å². The van der Waals surface area contributed by atoms with Crippen molar-refractivity contribution in [2.45, 2.75) is 30.4 Å². The molecule has 1 aliphatic heterocycles. The lowest BCUT2D eigenvalue weighted by Crippen LogP contribution is -2.34. The summed E-state index contributed by atoms with van der Waals surface area (Å²) in [4.78, 5) is 36.8. The maximum atomic E-state index is 12.5. The first-order valence-electron chi connectivity index (χ1n) is 9.01. The van der Waals surface area contributed by atoms with Crippen LogP contribution >= 0.6 is 11.8 Å². The van der Waals surface area contributed by atoms with Crippen molar-refractivity contribution in [2.75, 3.05) is 11.9 Å². The number of benzene rings is 2. The molecule has 0 saturated carbocycles. The Morgan fingerprint density at radius 3 is 2.75 bits per heavy atom. The van der Waals surface area contributed by atoms with E-state index in [1.165, 1.54) is 11.8 Å². The molecule has 2 aromatic rings. The van der Waals surface area contributed by atoms with Gasteiger partial charge in [0.05, 0.1) is 16.9 Å². The number of fused-ring (bicyclic) bond motifs is 1. The highest BCUT2D eigenvalue weighted by atomic mass is 32.2. The second-order valence-corrected chi connectivity index (χ2v) is 8.28. The summed E-state index contributed by atoms with van der Waals surface area (Å²) in [5, 5.41) is 14.8. The number of thioether (sulfide) groups is 1. The van der Waals surface area contributed by atoms with E-state index in [1.807, 2.05) is 38.1 Å². The third-order valence-electron chi connectivity index (χ3n) is 4.60. The fraction of sp³-hybridized carbons (Fsp3) is 0.286. The summed E-state index contributed by atoms with van der Waals surface area (Å²) in [6, 6.07) is 12.8. The van der Waals surface area contributed by atoms with Crippen LogP contribution in [0.3, 0.4) is 0 Å². The Morgan fingerprint density at radius 2 is 2.04 bits per heavy atom. The lowest BCUT2D eigenvalue weighted by atomic mass is 9.98. The van der Waals surface area contributed by atoms with Gasteiger partial charge >= 0.3 is 5.97 Å². The number of amides is 2. The summed E-state index contributed by atoms with van der Waals surface area (Å²) < 4.78 is 0. The summed E-state index contributed by atoms with van der Waals surface area (Å²) in [5.74, 6) is -2.14. The van der Waals surface area contributed by atoms with Gasteiger partial charge in [0.25, 0.3) is 5.91 Å². The molecule has 0 saturated heterocycles. The molecule has 0 aromatic heterocycles. The van der Waals surface area contributed by atoms with Crippen molar-refractivity contribution in [3.63, 3.8) is 0 Å². The van der Waals surface area contributed by atoms with E-state index in [0.29, 0.717) is 17.7 Å². The third-order valence-corrected chi connectivity index (χ3v) is 5.77. The lowest BCUT2D eigenvalue weighted by molar-refractivity contribution is -0.141. The fourth-order valence-electron chi connectivity index (χ4n) is 3.04. The van der Waals surface area contributed by atoms with E-state index in [1.54, 1.807) is 18.2 Å². The Labute approximate surface area is 167 Å². The number of aliphatic carboxylic acids is 1. The van der Waals surface area contributed by atoms with Crippen LogP contribution in [0.25, 0.3) is 0 Å². The van der Waals surface area contributed by atoms with Gasteiger partial charge in [-0.05, 0) is 44.0 Å². The van der Waals surface area contributed by atoms with Crippen molar-refractivity contribution in [2.24, 2.45) is 5.92 Å². The summed E-state index contributed by atoms with van der Waals surface area (Å²) in [6.45, 7) is 3.80. The Hall–Kier alpha value is -2.80. The molecule has 3 rings (SSSR count). The van der Waals surface area contributed by atoms with Crippen LogP contribution in [-0.4, -0.2) is 34.7 Å². The molecule has 3 N–H and O–H groups in total. The van der Waals surface area contributed by atoms with Gasteiger partial charge in [-0.25, -0.2) is 0 Å². The Bertz CT molecular complexity index is 928. The van der Waals surface area contributed by atoms with Crippen LogP contribution in [0, 0.1) is 12.8 Å². The van der Waals surface area contributed by atoms with Crippen LogP contribution in [0.2, 0.25) is 0 Å². The van der Waals surface area contributed by atoms with Gasteiger partial charge in [0.2, 0.25) is 5.91 Å². The average molecular weight is 398 g/mol. The number of carbonyl (C=O) groups excluding carboxylic acids is 2. The molecule has 2 unspecified atom stereocenters. The maximum Gasteiger partial charge on any atom is 0.308 e. The molecule has 0 spiro atoms. The summed E-state index contributed by atoms with van der Waals surface area (Å²) in [6.07, 6.45) is 0.339. The molecule has 1 heterocycles. The molecular weight excluding hydrogens is 376 g/mol. The van der Waals surface area contributed by atoms with Crippen LogP contribution in [0.15, 0.2) is 47.4 Å². The number of carboxylic acids is 1. The third kappa shape index (κ3) is 4.72. The zero-order valence-corrected chi connectivity index (χ0v) is 16.5. The van der Waals surface area contributed by atoms with Crippen LogP contribution < -0.4 is 10.6 Å². The highest BCUT2D eigenvalue weighted by molar-refractivity contribution is 8.00. The van der Waals surface area contributed by atoms with Crippen molar-refractivity contribution in [3.8, 4) is 0 Å². The van der Waals surface area contributed by atoms with Crippen LogP contribution in [0.4, 0.5) is 5.69 Å². The van der Waals surface area contributed by atoms with Crippen molar-refractivity contribution in [1.82, 2.24) is 5.32 Å². The lowest BCUT2D eigenvalue weighted by Gasteiger charge is -2.22. The van der Waals surface area contributed by atoms with Crippen LogP contribution in [-0.2, 0) is 16.0 Å². The first-order chi connectivity index (χ1) is 13.3. The predicted molar refractivity (Wildman–Crippen MR) is 109 cm³/mol. The molecule has 1 aliphatic rings. The molecule has 146 valence electrons. The molecule has 2 atom stereocenters. The van der Waals surface area contributed by atoms with Crippen molar-refractivity contribution < 1.29 is 19.5 Å². The van der Waals surface area contributed by atoms with Crippen molar-refractivity contribution >= 4 is 35.2 Å². The molecular formula is C21H22N2O4S. The second kappa shape index (κ2) is 8.48. The SMILES string of the molecule is Cc1cccc(CC(CNC(=O)c2ccc3c(c2)NC(=O)C(C)S3)C(=O)O)c1. The van der Waals surface area contributed by atoms with Crippen molar-refractivity contribution in [3.05, 3.63) is 59.2 Å². The molecule has 7 heteroatoms. The fourth-order valence-corrected chi connectivity index (χ4v) is 3.97. The van der Waals surface area contributed by atoms with E-state index in [4.69, 9.17) is 0 Å². The number of aryl methyl sites for hydroxylation is 1. The minimum absolute atomic E-state index is 0.0251. The largest absolute Gasteiger partial charge is 0.481 e. The molecule has 6 nitrogen and oxygen atoms in total. The highest BCUT2D eigenvalue weighted by Gasteiger charge is 2.24. The van der Waals surface area contributed by atoms with E-state index < -0.39 is 11.9 Å². The Balaban J connectivity index is 1.66. The minimum atomic E-state index is -0.954. The molecule has 0 radical (unpaired) electrons. The predicted octanol–water partition coefficient (Wildman–Crippen LogP) is 3.10. The average Bonchev–Trinajstić information content (AvgIpc) is 2.65. The van der Waals surface area contributed by atoms with Gasteiger partial charge in [-0.1, -0.05) is 29.8 Å². The zero-order chi connectivity index (χ0) is 20.3. The van der Waals surface area contributed by atoms with E-state index in [0.717, 1.165) is 16.0 Å². The first-order valence-corrected chi connectivity index (χ1v) is 9.89.